The fourth-order valence-corrected chi connectivity index (χ4v) is 6.52. The zero-order valence-electron chi connectivity index (χ0n) is 24.7. The van der Waals surface area contributed by atoms with E-state index in [2.05, 4.69) is 170 Å². The Labute approximate surface area is 258 Å². The van der Waals surface area contributed by atoms with Gasteiger partial charge in [0.25, 0.3) is 0 Å². The summed E-state index contributed by atoms with van der Waals surface area (Å²) in [6.45, 7) is 2.28. The number of fused-ring (bicyclic) bond motifs is 3. The van der Waals surface area contributed by atoms with Crippen molar-refractivity contribution in [1.82, 2.24) is 0 Å². The van der Waals surface area contributed by atoms with E-state index < -0.39 is 0 Å². The summed E-state index contributed by atoms with van der Waals surface area (Å²) in [6, 6.07) is 56.9. The molecule has 2 heteroatoms. The summed E-state index contributed by atoms with van der Waals surface area (Å²) in [6.07, 6.45) is 1.03. The van der Waals surface area contributed by atoms with Crippen LogP contribution in [0.25, 0.3) is 32.7 Å². The third-order valence-electron chi connectivity index (χ3n) is 8.85. The van der Waals surface area contributed by atoms with Crippen LogP contribution in [0.4, 0.5) is 22.7 Å². The molecule has 0 bridgehead atoms. The number of anilines is 3. The maximum Gasteiger partial charge on any atom is 0.0665 e. The van der Waals surface area contributed by atoms with E-state index in [9.17, 15) is 0 Å². The fourth-order valence-electron chi connectivity index (χ4n) is 6.52. The molecule has 8 rings (SSSR count). The minimum atomic E-state index is 0.395. The van der Waals surface area contributed by atoms with Gasteiger partial charge in [0, 0.05) is 23.0 Å². The molecule has 1 aliphatic heterocycles. The average Bonchev–Trinajstić information content (AvgIpc) is 3.08. The zero-order chi connectivity index (χ0) is 29.5. The lowest BCUT2D eigenvalue weighted by Gasteiger charge is -2.26. The normalized spacial score (nSPS) is 14.3. The van der Waals surface area contributed by atoms with E-state index in [4.69, 9.17) is 4.99 Å². The first-order valence-corrected chi connectivity index (χ1v) is 15.3. The van der Waals surface area contributed by atoms with E-state index in [1.165, 1.54) is 49.5 Å². The van der Waals surface area contributed by atoms with Crippen molar-refractivity contribution in [3.05, 3.63) is 169 Å². The first-order chi connectivity index (χ1) is 21.7. The van der Waals surface area contributed by atoms with E-state index in [0.717, 1.165) is 29.2 Å². The van der Waals surface area contributed by atoms with E-state index >= 15 is 0 Å². The van der Waals surface area contributed by atoms with E-state index in [-0.39, 0.29) is 0 Å². The number of hydrogen-bond acceptors (Lipinski definition) is 2. The first-order valence-electron chi connectivity index (χ1n) is 15.3. The second kappa shape index (κ2) is 11.0. The number of hydrogen-bond donors (Lipinski definition) is 0. The number of rotatable bonds is 5. The lowest BCUT2D eigenvalue weighted by Crippen LogP contribution is -2.18. The predicted octanol–water partition coefficient (Wildman–Crippen LogP) is 11.4. The summed E-state index contributed by atoms with van der Waals surface area (Å²) in [5.74, 6) is 0.395. The van der Waals surface area contributed by atoms with Gasteiger partial charge in [0.2, 0.25) is 0 Å². The molecule has 1 unspecified atom stereocenters. The molecular formula is C42H32N2. The molecule has 0 amide bonds. The maximum atomic E-state index is 5.04. The van der Waals surface area contributed by atoms with Crippen molar-refractivity contribution in [1.29, 1.82) is 0 Å². The van der Waals surface area contributed by atoms with Crippen LogP contribution in [0.1, 0.15) is 18.1 Å². The van der Waals surface area contributed by atoms with Crippen molar-refractivity contribution in [3.63, 3.8) is 0 Å². The Balaban J connectivity index is 1.14. The minimum Gasteiger partial charge on any atom is -0.310 e. The molecule has 0 N–H and O–H groups in total. The molecule has 7 aromatic carbocycles. The summed E-state index contributed by atoms with van der Waals surface area (Å²) in [5.41, 5.74) is 10.6. The largest absolute Gasteiger partial charge is 0.310 e. The van der Waals surface area contributed by atoms with Crippen LogP contribution in [0.2, 0.25) is 0 Å². The van der Waals surface area contributed by atoms with Gasteiger partial charge in [0.05, 0.1) is 11.4 Å². The van der Waals surface area contributed by atoms with Crippen molar-refractivity contribution >= 4 is 50.0 Å². The molecule has 1 heterocycles. The van der Waals surface area contributed by atoms with Gasteiger partial charge in [-0.2, -0.15) is 0 Å². The Morgan fingerprint density at radius 2 is 0.955 bits per heavy atom. The van der Waals surface area contributed by atoms with Gasteiger partial charge in [-0.25, -0.2) is 0 Å². The van der Waals surface area contributed by atoms with Gasteiger partial charge in [-0.3, -0.25) is 4.99 Å². The molecule has 1 aliphatic rings. The topological polar surface area (TPSA) is 15.6 Å². The van der Waals surface area contributed by atoms with Crippen molar-refractivity contribution in [3.8, 4) is 11.1 Å². The second-order valence-corrected chi connectivity index (χ2v) is 11.8. The highest BCUT2D eigenvalue weighted by Crippen LogP contribution is 2.38. The predicted molar refractivity (Wildman–Crippen MR) is 187 cm³/mol. The highest BCUT2D eigenvalue weighted by Gasteiger charge is 2.20. The molecule has 2 nitrogen and oxygen atoms in total. The summed E-state index contributed by atoms with van der Waals surface area (Å²) >= 11 is 0. The zero-order valence-corrected chi connectivity index (χ0v) is 24.7. The number of aliphatic imine (C=N–C) groups is 1. The Morgan fingerprint density at radius 3 is 1.57 bits per heavy atom. The van der Waals surface area contributed by atoms with Gasteiger partial charge in [0.1, 0.15) is 0 Å². The Morgan fingerprint density at radius 1 is 0.477 bits per heavy atom. The van der Waals surface area contributed by atoms with Crippen LogP contribution in [0.3, 0.4) is 0 Å². The number of para-hydroxylation sites is 1. The van der Waals surface area contributed by atoms with Crippen LogP contribution < -0.4 is 4.90 Å². The SMILES string of the molecule is CC1Cc2ccccc2N=C1c1ccc(-c2ccc(N(c3ccc4ccccc4c3)c3ccc4ccccc4c3)cc2)cc1. The summed E-state index contributed by atoms with van der Waals surface area (Å²) in [4.78, 5) is 7.39. The van der Waals surface area contributed by atoms with Crippen molar-refractivity contribution in [2.24, 2.45) is 10.9 Å². The number of benzene rings is 7. The van der Waals surface area contributed by atoms with Crippen molar-refractivity contribution in [2.75, 3.05) is 4.90 Å². The average molecular weight is 565 g/mol. The van der Waals surface area contributed by atoms with Gasteiger partial charge in [-0.15, -0.1) is 0 Å². The Bertz CT molecular complexity index is 2080. The highest BCUT2D eigenvalue weighted by atomic mass is 15.1. The van der Waals surface area contributed by atoms with Crippen molar-refractivity contribution < 1.29 is 0 Å². The third kappa shape index (κ3) is 4.85. The van der Waals surface area contributed by atoms with Crippen molar-refractivity contribution in [2.45, 2.75) is 13.3 Å². The highest BCUT2D eigenvalue weighted by molar-refractivity contribution is 6.05. The van der Waals surface area contributed by atoms with Crippen LogP contribution >= 0.6 is 0 Å². The molecule has 0 saturated carbocycles. The minimum absolute atomic E-state index is 0.395. The summed E-state index contributed by atoms with van der Waals surface area (Å²) < 4.78 is 0. The Kier molecular flexibility index (Phi) is 6.53. The lowest BCUT2D eigenvalue weighted by atomic mass is 9.88. The molecule has 1 atom stereocenters. The third-order valence-corrected chi connectivity index (χ3v) is 8.85. The van der Waals surface area contributed by atoms with Crippen LogP contribution in [0, 0.1) is 5.92 Å². The Hall–Kier alpha value is -5.47. The standard InChI is InChI=1S/C42H32N2/c1-29-26-37-12-6-7-13-41(37)43-42(29)34-16-14-32(15-17-34)33-18-22-38(23-19-33)44(39-24-20-30-8-2-4-10-35(30)27-39)40-25-21-31-9-3-5-11-36(31)28-40/h2-25,27-29H,26H2,1H3. The van der Waals surface area contributed by atoms with Gasteiger partial charge in [0.15, 0.2) is 0 Å². The molecule has 0 fully saturated rings. The van der Waals surface area contributed by atoms with E-state index in [1.807, 2.05) is 0 Å². The summed E-state index contributed by atoms with van der Waals surface area (Å²) in [5, 5.41) is 4.94. The van der Waals surface area contributed by atoms with E-state index in [1.54, 1.807) is 0 Å². The monoisotopic (exact) mass is 564 g/mol. The van der Waals surface area contributed by atoms with Crippen LogP contribution in [-0.2, 0) is 6.42 Å². The van der Waals surface area contributed by atoms with Gasteiger partial charge >= 0.3 is 0 Å². The molecule has 0 spiro atoms. The first kappa shape index (κ1) is 26.2. The fraction of sp³-hybridized carbons (Fsp3) is 0.0714. The lowest BCUT2D eigenvalue weighted by molar-refractivity contribution is 0.755. The second-order valence-electron chi connectivity index (χ2n) is 11.8. The smallest absolute Gasteiger partial charge is 0.0665 e. The number of nitrogens with zero attached hydrogens (tertiary/aromatic N) is 2. The molecule has 7 aromatic rings. The molecule has 0 aromatic heterocycles. The molecular weight excluding hydrogens is 532 g/mol. The van der Waals surface area contributed by atoms with Crippen LogP contribution in [0.5, 0.6) is 0 Å². The quantitative estimate of drug-likeness (QED) is 0.203. The molecule has 0 aliphatic carbocycles. The molecule has 0 saturated heterocycles. The maximum absolute atomic E-state index is 5.04. The van der Waals surface area contributed by atoms with Gasteiger partial charge < -0.3 is 4.90 Å². The van der Waals surface area contributed by atoms with Crippen LogP contribution in [0.15, 0.2) is 163 Å². The van der Waals surface area contributed by atoms with Crippen LogP contribution in [-0.4, -0.2) is 5.71 Å². The molecule has 210 valence electrons. The molecule has 44 heavy (non-hydrogen) atoms. The molecule has 0 radical (unpaired) electrons. The summed E-state index contributed by atoms with van der Waals surface area (Å²) in [7, 11) is 0. The van der Waals surface area contributed by atoms with Gasteiger partial charge in [-0.05, 0) is 92.7 Å². The van der Waals surface area contributed by atoms with E-state index in [0.29, 0.717) is 5.92 Å². The van der Waals surface area contributed by atoms with Gasteiger partial charge in [-0.1, -0.05) is 122 Å².